The molecule has 0 aliphatic rings. The number of carbonyl (C=O) groups is 2. The third kappa shape index (κ3) is 2.95. The summed E-state index contributed by atoms with van der Waals surface area (Å²) in [5.74, 6) is -2.69. The van der Waals surface area contributed by atoms with Crippen LogP contribution in [0.1, 0.15) is 28.4 Å². The van der Waals surface area contributed by atoms with Crippen LogP contribution in [0.4, 0.5) is 0 Å². The lowest BCUT2D eigenvalue weighted by molar-refractivity contribution is -0.144. The van der Waals surface area contributed by atoms with E-state index >= 15 is 0 Å². The second-order valence-electron chi connectivity index (χ2n) is 3.98. The molecule has 0 amide bonds. The molecule has 0 radical (unpaired) electrons. The number of ketones is 1. The van der Waals surface area contributed by atoms with E-state index in [0.29, 0.717) is 5.56 Å². The lowest BCUT2D eigenvalue weighted by Gasteiger charge is -2.09. The standard InChI is InChI=1S/C14H15NO3/c1-4-18-14(17)12(8-15)13(16)11-6-5-9(2)10(3)7-11/h5-7,12H,4H2,1-3H3. The minimum atomic E-state index is -1.38. The van der Waals surface area contributed by atoms with Crippen molar-refractivity contribution in [3.8, 4) is 6.07 Å². The van der Waals surface area contributed by atoms with Gasteiger partial charge in [-0.25, -0.2) is 0 Å². The van der Waals surface area contributed by atoms with Gasteiger partial charge < -0.3 is 4.74 Å². The summed E-state index contributed by atoms with van der Waals surface area (Å²) < 4.78 is 4.71. The Kier molecular flexibility index (Phi) is 4.61. The summed E-state index contributed by atoms with van der Waals surface area (Å²) in [5, 5.41) is 8.91. The van der Waals surface area contributed by atoms with Crippen LogP contribution in [0.15, 0.2) is 18.2 Å². The van der Waals surface area contributed by atoms with Crippen molar-refractivity contribution in [3.05, 3.63) is 34.9 Å². The molecule has 0 aliphatic carbocycles. The number of aryl methyl sites for hydroxylation is 2. The molecule has 0 saturated carbocycles. The van der Waals surface area contributed by atoms with E-state index in [1.54, 1.807) is 31.2 Å². The summed E-state index contributed by atoms with van der Waals surface area (Å²) in [6, 6.07) is 6.79. The number of esters is 1. The van der Waals surface area contributed by atoms with E-state index in [9.17, 15) is 9.59 Å². The van der Waals surface area contributed by atoms with E-state index in [4.69, 9.17) is 10.00 Å². The Morgan fingerprint density at radius 1 is 1.33 bits per heavy atom. The van der Waals surface area contributed by atoms with Crippen LogP contribution >= 0.6 is 0 Å². The van der Waals surface area contributed by atoms with Crippen molar-refractivity contribution in [1.29, 1.82) is 5.26 Å². The van der Waals surface area contributed by atoms with Gasteiger partial charge in [0.05, 0.1) is 12.7 Å². The lowest BCUT2D eigenvalue weighted by atomic mass is 9.96. The molecule has 0 spiro atoms. The fraction of sp³-hybridized carbons (Fsp3) is 0.357. The Labute approximate surface area is 106 Å². The highest BCUT2D eigenvalue weighted by Gasteiger charge is 2.28. The van der Waals surface area contributed by atoms with Gasteiger partial charge in [-0.1, -0.05) is 12.1 Å². The maximum atomic E-state index is 12.0. The molecule has 0 heterocycles. The monoisotopic (exact) mass is 245 g/mol. The summed E-state index contributed by atoms with van der Waals surface area (Å²) in [6.45, 7) is 5.58. The summed E-state index contributed by atoms with van der Waals surface area (Å²) in [4.78, 5) is 23.5. The molecule has 0 N–H and O–H groups in total. The predicted molar refractivity (Wildman–Crippen MR) is 66.0 cm³/mol. The van der Waals surface area contributed by atoms with E-state index in [1.807, 2.05) is 13.8 Å². The van der Waals surface area contributed by atoms with Crippen LogP contribution in [-0.2, 0) is 9.53 Å². The zero-order chi connectivity index (χ0) is 13.7. The summed E-state index contributed by atoms with van der Waals surface area (Å²) in [6.07, 6.45) is 0. The van der Waals surface area contributed by atoms with E-state index in [0.717, 1.165) is 11.1 Å². The van der Waals surface area contributed by atoms with Crippen LogP contribution in [0.3, 0.4) is 0 Å². The van der Waals surface area contributed by atoms with Gasteiger partial charge >= 0.3 is 5.97 Å². The fourth-order valence-electron chi connectivity index (χ4n) is 1.51. The van der Waals surface area contributed by atoms with Crippen molar-refractivity contribution in [2.24, 2.45) is 5.92 Å². The molecule has 0 aromatic heterocycles. The smallest absolute Gasteiger partial charge is 0.331 e. The van der Waals surface area contributed by atoms with Crippen molar-refractivity contribution < 1.29 is 14.3 Å². The Balaban J connectivity index is 3.01. The highest BCUT2D eigenvalue weighted by Crippen LogP contribution is 2.15. The third-order valence-electron chi connectivity index (χ3n) is 2.71. The first-order valence-electron chi connectivity index (χ1n) is 5.69. The minimum absolute atomic E-state index is 0.150. The number of benzene rings is 1. The molecule has 0 saturated heterocycles. The molecule has 1 rings (SSSR count). The Morgan fingerprint density at radius 3 is 2.50 bits per heavy atom. The first-order valence-corrected chi connectivity index (χ1v) is 5.69. The molecule has 0 fully saturated rings. The predicted octanol–water partition coefficient (Wildman–Crippen LogP) is 2.19. The normalized spacial score (nSPS) is 11.4. The molecular weight excluding hydrogens is 230 g/mol. The molecule has 1 unspecified atom stereocenters. The van der Waals surface area contributed by atoms with E-state index in [1.165, 1.54) is 0 Å². The van der Waals surface area contributed by atoms with Crippen molar-refractivity contribution in [2.45, 2.75) is 20.8 Å². The van der Waals surface area contributed by atoms with Gasteiger partial charge in [0.1, 0.15) is 0 Å². The zero-order valence-corrected chi connectivity index (χ0v) is 10.7. The average molecular weight is 245 g/mol. The third-order valence-corrected chi connectivity index (χ3v) is 2.71. The van der Waals surface area contributed by atoms with Gasteiger partial charge in [0, 0.05) is 5.56 Å². The van der Waals surface area contributed by atoms with Crippen molar-refractivity contribution in [3.63, 3.8) is 0 Å². The largest absolute Gasteiger partial charge is 0.465 e. The molecule has 0 bridgehead atoms. The molecule has 4 heteroatoms. The maximum Gasteiger partial charge on any atom is 0.331 e. The zero-order valence-electron chi connectivity index (χ0n) is 10.7. The quantitative estimate of drug-likeness (QED) is 0.463. The molecule has 1 aromatic carbocycles. The topological polar surface area (TPSA) is 67.2 Å². The maximum absolute atomic E-state index is 12.0. The van der Waals surface area contributed by atoms with E-state index in [2.05, 4.69) is 0 Å². The van der Waals surface area contributed by atoms with Gasteiger partial charge in [0.25, 0.3) is 0 Å². The molecule has 0 aliphatic heterocycles. The minimum Gasteiger partial charge on any atom is -0.465 e. The number of ether oxygens (including phenoxy) is 1. The van der Waals surface area contributed by atoms with Crippen LogP contribution in [0.25, 0.3) is 0 Å². The van der Waals surface area contributed by atoms with Gasteiger partial charge in [-0.2, -0.15) is 5.26 Å². The van der Waals surface area contributed by atoms with Crippen LogP contribution < -0.4 is 0 Å². The average Bonchev–Trinajstić information content (AvgIpc) is 2.33. The Bertz CT molecular complexity index is 514. The highest BCUT2D eigenvalue weighted by atomic mass is 16.5. The van der Waals surface area contributed by atoms with Crippen molar-refractivity contribution in [1.82, 2.24) is 0 Å². The summed E-state index contributed by atoms with van der Waals surface area (Å²) in [7, 11) is 0. The summed E-state index contributed by atoms with van der Waals surface area (Å²) in [5.41, 5.74) is 2.36. The fourth-order valence-corrected chi connectivity index (χ4v) is 1.51. The van der Waals surface area contributed by atoms with Gasteiger partial charge in [-0.15, -0.1) is 0 Å². The van der Waals surface area contributed by atoms with E-state index in [-0.39, 0.29) is 6.61 Å². The van der Waals surface area contributed by atoms with Gasteiger partial charge in [-0.3, -0.25) is 9.59 Å². The van der Waals surface area contributed by atoms with Gasteiger partial charge in [0.2, 0.25) is 5.92 Å². The molecule has 94 valence electrons. The van der Waals surface area contributed by atoms with Crippen LogP contribution in [0.2, 0.25) is 0 Å². The van der Waals surface area contributed by atoms with E-state index < -0.39 is 17.7 Å². The lowest BCUT2D eigenvalue weighted by Crippen LogP contribution is -2.25. The Morgan fingerprint density at radius 2 is 2.00 bits per heavy atom. The number of Topliss-reactive ketones (excluding diaryl/α,β-unsaturated/α-hetero) is 1. The van der Waals surface area contributed by atoms with Crippen molar-refractivity contribution >= 4 is 11.8 Å². The van der Waals surface area contributed by atoms with Crippen LogP contribution in [0, 0.1) is 31.1 Å². The van der Waals surface area contributed by atoms with Gasteiger partial charge in [0.15, 0.2) is 5.78 Å². The summed E-state index contributed by atoms with van der Waals surface area (Å²) >= 11 is 0. The number of hydrogen-bond acceptors (Lipinski definition) is 4. The molecule has 1 atom stereocenters. The number of nitriles is 1. The second kappa shape index (κ2) is 5.97. The number of nitrogens with zero attached hydrogens (tertiary/aromatic N) is 1. The first kappa shape index (κ1) is 13.9. The van der Waals surface area contributed by atoms with Crippen LogP contribution in [-0.4, -0.2) is 18.4 Å². The number of carbonyl (C=O) groups excluding carboxylic acids is 2. The van der Waals surface area contributed by atoms with Crippen molar-refractivity contribution in [2.75, 3.05) is 6.61 Å². The SMILES string of the molecule is CCOC(=O)C(C#N)C(=O)c1ccc(C)c(C)c1. The Hall–Kier alpha value is -2.15. The highest BCUT2D eigenvalue weighted by molar-refractivity contribution is 6.10. The van der Waals surface area contributed by atoms with Gasteiger partial charge in [-0.05, 0) is 38.0 Å². The number of rotatable bonds is 4. The number of hydrogen-bond donors (Lipinski definition) is 0. The molecule has 18 heavy (non-hydrogen) atoms. The molecular formula is C14H15NO3. The second-order valence-corrected chi connectivity index (χ2v) is 3.98. The first-order chi connectivity index (χ1) is 8.51. The van der Waals surface area contributed by atoms with Crippen LogP contribution in [0.5, 0.6) is 0 Å². The molecule has 4 nitrogen and oxygen atoms in total. The molecule has 1 aromatic rings.